The largest absolute Gasteiger partial charge is 0.396 e. The lowest BCUT2D eigenvalue weighted by Crippen LogP contribution is -1.96. The van der Waals surface area contributed by atoms with Gasteiger partial charge in [0.15, 0.2) is 0 Å². The van der Waals surface area contributed by atoms with Crippen LogP contribution < -0.4 is 0 Å². The molecule has 0 spiro atoms. The normalized spacial score (nSPS) is 11.5. The van der Waals surface area contributed by atoms with Crippen LogP contribution in [0.3, 0.4) is 0 Å². The quantitative estimate of drug-likeness (QED) is 0.609. The highest BCUT2D eigenvalue weighted by Crippen LogP contribution is 2.27. The summed E-state index contributed by atoms with van der Waals surface area (Å²) in [4.78, 5) is 10.4. The van der Waals surface area contributed by atoms with Gasteiger partial charge in [0, 0.05) is 12.7 Å². The molecule has 0 aromatic heterocycles. The second kappa shape index (κ2) is 5.26. The third-order valence-corrected chi connectivity index (χ3v) is 2.18. The maximum atomic E-state index is 10.8. The lowest BCUT2D eigenvalue weighted by Gasteiger charge is -2.05. The standard InChI is InChI=1S/C11H13NO3/c1-2-9(7-8-13)10-5-3-4-6-11(10)12(14)15/h2-6,13H,7-8H2,1H3/b9-2-. The Morgan fingerprint density at radius 2 is 2.20 bits per heavy atom. The van der Waals surface area contributed by atoms with Crippen molar-refractivity contribution in [3.8, 4) is 0 Å². The zero-order valence-electron chi connectivity index (χ0n) is 8.51. The third-order valence-electron chi connectivity index (χ3n) is 2.18. The molecule has 1 aromatic rings. The van der Waals surface area contributed by atoms with Gasteiger partial charge in [-0.15, -0.1) is 0 Å². The van der Waals surface area contributed by atoms with Gasteiger partial charge in [-0.05, 0) is 25.0 Å². The summed E-state index contributed by atoms with van der Waals surface area (Å²) >= 11 is 0. The van der Waals surface area contributed by atoms with E-state index in [1.54, 1.807) is 24.3 Å². The van der Waals surface area contributed by atoms with Gasteiger partial charge >= 0.3 is 0 Å². The first-order valence-corrected chi connectivity index (χ1v) is 4.70. The van der Waals surface area contributed by atoms with E-state index in [2.05, 4.69) is 0 Å². The smallest absolute Gasteiger partial charge is 0.276 e. The van der Waals surface area contributed by atoms with Crippen LogP contribution in [0.25, 0.3) is 5.57 Å². The van der Waals surface area contributed by atoms with Crippen molar-refractivity contribution in [2.45, 2.75) is 13.3 Å². The van der Waals surface area contributed by atoms with Crippen molar-refractivity contribution < 1.29 is 10.0 Å². The minimum Gasteiger partial charge on any atom is -0.396 e. The molecule has 15 heavy (non-hydrogen) atoms. The first-order chi connectivity index (χ1) is 7.20. The van der Waals surface area contributed by atoms with E-state index in [1.165, 1.54) is 6.07 Å². The Bertz CT molecular complexity index is 385. The van der Waals surface area contributed by atoms with Gasteiger partial charge in [0.05, 0.1) is 10.5 Å². The minimum atomic E-state index is -0.407. The number of nitro groups is 1. The van der Waals surface area contributed by atoms with E-state index < -0.39 is 4.92 Å². The molecule has 80 valence electrons. The number of nitro benzene ring substituents is 1. The molecule has 0 saturated carbocycles. The van der Waals surface area contributed by atoms with Gasteiger partial charge in [-0.1, -0.05) is 18.2 Å². The Morgan fingerprint density at radius 1 is 1.53 bits per heavy atom. The summed E-state index contributed by atoms with van der Waals surface area (Å²) < 4.78 is 0. The highest BCUT2D eigenvalue weighted by atomic mass is 16.6. The van der Waals surface area contributed by atoms with Crippen molar-refractivity contribution in [1.29, 1.82) is 0 Å². The SMILES string of the molecule is C/C=C(/CCO)c1ccccc1[N+](=O)[O-]. The molecule has 0 amide bonds. The molecule has 0 saturated heterocycles. The average Bonchev–Trinajstić information content (AvgIpc) is 2.26. The van der Waals surface area contributed by atoms with Gasteiger partial charge in [0.2, 0.25) is 0 Å². The molecule has 0 aliphatic rings. The topological polar surface area (TPSA) is 63.4 Å². The fourth-order valence-corrected chi connectivity index (χ4v) is 1.46. The van der Waals surface area contributed by atoms with E-state index in [9.17, 15) is 10.1 Å². The van der Waals surface area contributed by atoms with Crippen LogP contribution in [0, 0.1) is 10.1 Å². The second-order valence-corrected chi connectivity index (χ2v) is 3.06. The zero-order valence-corrected chi connectivity index (χ0v) is 8.51. The Balaban J connectivity index is 3.17. The molecule has 1 N–H and O–H groups in total. The Kier molecular flexibility index (Phi) is 4.00. The number of hydrogen-bond acceptors (Lipinski definition) is 3. The van der Waals surface area contributed by atoms with Gasteiger partial charge in [0.25, 0.3) is 5.69 Å². The van der Waals surface area contributed by atoms with E-state index in [-0.39, 0.29) is 12.3 Å². The van der Waals surface area contributed by atoms with Crippen molar-refractivity contribution in [2.24, 2.45) is 0 Å². The highest BCUT2D eigenvalue weighted by molar-refractivity contribution is 5.72. The Labute approximate surface area is 88.0 Å². The van der Waals surface area contributed by atoms with Gasteiger partial charge in [-0.2, -0.15) is 0 Å². The van der Waals surface area contributed by atoms with Crippen molar-refractivity contribution in [1.82, 2.24) is 0 Å². The fourth-order valence-electron chi connectivity index (χ4n) is 1.46. The summed E-state index contributed by atoms with van der Waals surface area (Å²) in [6.45, 7) is 1.80. The third kappa shape index (κ3) is 2.63. The van der Waals surface area contributed by atoms with Crippen molar-refractivity contribution in [2.75, 3.05) is 6.61 Å². The molecule has 0 heterocycles. The molecular formula is C11H13NO3. The van der Waals surface area contributed by atoms with Crippen LogP contribution in [-0.4, -0.2) is 16.6 Å². The summed E-state index contributed by atoms with van der Waals surface area (Å²) in [5.41, 5.74) is 1.46. The molecule has 0 aliphatic carbocycles. The fraction of sp³-hybridized carbons (Fsp3) is 0.273. The summed E-state index contributed by atoms with van der Waals surface area (Å²) in [5.74, 6) is 0. The molecule has 0 aliphatic heterocycles. The summed E-state index contributed by atoms with van der Waals surface area (Å²) in [6, 6.07) is 6.55. The lowest BCUT2D eigenvalue weighted by atomic mass is 10.0. The van der Waals surface area contributed by atoms with E-state index in [1.807, 2.05) is 6.92 Å². The average molecular weight is 207 g/mol. The molecule has 1 rings (SSSR count). The van der Waals surface area contributed by atoms with Crippen LogP contribution in [0.2, 0.25) is 0 Å². The zero-order chi connectivity index (χ0) is 11.3. The first-order valence-electron chi connectivity index (χ1n) is 4.70. The Morgan fingerprint density at radius 3 is 2.73 bits per heavy atom. The second-order valence-electron chi connectivity index (χ2n) is 3.06. The maximum Gasteiger partial charge on any atom is 0.276 e. The van der Waals surface area contributed by atoms with Crippen LogP contribution in [-0.2, 0) is 0 Å². The summed E-state index contributed by atoms with van der Waals surface area (Å²) in [6.07, 6.45) is 2.22. The van der Waals surface area contributed by atoms with Crippen molar-refractivity contribution in [3.05, 3.63) is 46.0 Å². The van der Waals surface area contributed by atoms with Crippen molar-refractivity contribution in [3.63, 3.8) is 0 Å². The molecule has 1 aromatic carbocycles. The summed E-state index contributed by atoms with van der Waals surface area (Å²) in [7, 11) is 0. The molecule has 0 radical (unpaired) electrons. The predicted molar refractivity (Wildman–Crippen MR) is 58.5 cm³/mol. The van der Waals surface area contributed by atoms with Crippen LogP contribution in [0.5, 0.6) is 0 Å². The minimum absolute atomic E-state index is 0.00821. The number of aliphatic hydroxyl groups is 1. The van der Waals surface area contributed by atoms with E-state index in [0.717, 1.165) is 5.57 Å². The van der Waals surface area contributed by atoms with Crippen LogP contribution >= 0.6 is 0 Å². The molecule has 0 unspecified atom stereocenters. The highest BCUT2D eigenvalue weighted by Gasteiger charge is 2.14. The Hall–Kier alpha value is -1.68. The molecule has 4 nitrogen and oxygen atoms in total. The maximum absolute atomic E-state index is 10.8. The van der Waals surface area contributed by atoms with Gasteiger partial charge in [-0.3, -0.25) is 10.1 Å². The number of rotatable bonds is 4. The molecule has 0 atom stereocenters. The van der Waals surface area contributed by atoms with E-state index >= 15 is 0 Å². The van der Waals surface area contributed by atoms with E-state index in [0.29, 0.717) is 12.0 Å². The van der Waals surface area contributed by atoms with Crippen LogP contribution in [0.4, 0.5) is 5.69 Å². The number of para-hydroxylation sites is 1. The van der Waals surface area contributed by atoms with Gasteiger partial charge in [0.1, 0.15) is 0 Å². The van der Waals surface area contributed by atoms with Crippen LogP contribution in [0.1, 0.15) is 18.9 Å². The first kappa shape index (κ1) is 11.4. The predicted octanol–water partition coefficient (Wildman–Crippen LogP) is 2.38. The molecular weight excluding hydrogens is 194 g/mol. The molecule has 4 heteroatoms. The number of allylic oxidation sites excluding steroid dienone is 1. The number of benzene rings is 1. The monoisotopic (exact) mass is 207 g/mol. The van der Waals surface area contributed by atoms with Gasteiger partial charge < -0.3 is 5.11 Å². The van der Waals surface area contributed by atoms with Crippen molar-refractivity contribution >= 4 is 11.3 Å². The number of nitrogens with zero attached hydrogens (tertiary/aromatic N) is 1. The van der Waals surface area contributed by atoms with E-state index in [4.69, 9.17) is 5.11 Å². The number of aliphatic hydroxyl groups excluding tert-OH is 1. The number of hydrogen-bond donors (Lipinski definition) is 1. The molecule has 0 fully saturated rings. The van der Waals surface area contributed by atoms with Gasteiger partial charge in [-0.25, -0.2) is 0 Å². The lowest BCUT2D eigenvalue weighted by molar-refractivity contribution is -0.385. The molecule has 0 bridgehead atoms. The van der Waals surface area contributed by atoms with Crippen LogP contribution in [0.15, 0.2) is 30.3 Å². The summed E-state index contributed by atoms with van der Waals surface area (Å²) in [5, 5.41) is 19.6.